The fourth-order valence-electron chi connectivity index (χ4n) is 3.58. The molecule has 2 aliphatic rings. The van der Waals surface area contributed by atoms with E-state index in [0.29, 0.717) is 13.1 Å². The van der Waals surface area contributed by atoms with E-state index in [4.69, 9.17) is 16.0 Å². The Labute approximate surface area is 192 Å². The van der Waals surface area contributed by atoms with Crippen LogP contribution in [0.25, 0.3) is 17.4 Å². The molecule has 2 aromatic rings. The smallest absolute Gasteiger partial charge is 0.294 e. The molecule has 1 aromatic heterocycles. The number of imide groups is 1. The van der Waals surface area contributed by atoms with Crippen molar-refractivity contribution in [3.05, 3.63) is 56.1 Å². The molecule has 9 nitrogen and oxygen atoms in total. The summed E-state index contributed by atoms with van der Waals surface area (Å²) in [5.74, 6) is -0.347. The number of carbonyl (C=O) groups is 3. The second-order valence-corrected chi connectivity index (χ2v) is 8.76. The van der Waals surface area contributed by atoms with Crippen molar-refractivity contribution in [2.75, 3.05) is 19.6 Å². The van der Waals surface area contributed by atoms with Gasteiger partial charge < -0.3 is 9.32 Å². The zero-order chi connectivity index (χ0) is 22.8. The van der Waals surface area contributed by atoms with Crippen LogP contribution in [0.4, 0.5) is 10.5 Å². The fraction of sp³-hybridized carbons (Fsp3) is 0.286. The molecule has 166 valence electrons. The molecule has 1 aromatic carbocycles. The van der Waals surface area contributed by atoms with Crippen molar-refractivity contribution in [2.45, 2.75) is 19.3 Å². The molecule has 2 saturated heterocycles. The first-order valence-electron chi connectivity index (χ1n) is 9.91. The van der Waals surface area contributed by atoms with Crippen LogP contribution in [0.5, 0.6) is 0 Å². The summed E-state index contributed by atoms with van der Waals surface area (Å²) >= 11 is 6.57. The lowest BCUT2D eigenvalue weighted by Crippen LogP contribution is -2.44. The normalized spacial score (nSPS) is 18.0. The first-order valence-corrected chi connectivity index (χ1v) is 11.1. The maximum absolute atomic E-state index is 12.7. The third kappa shape index (κ3) is 4.56. The Kier molecular flexibility index (Phi) is 6.33. The molecule has 0 radical (unpaired) electrons. The number of amides is 3. The number of nitrogens with zero attached hydrogens (tertiary/aromatic N) is 3. The van der Waals surface area contributed by atoms with Crippen molar-refractivity contribution in [3.63, 3.8) is 0 Å². The summed E-state index contributed by atoms with van der Waals surface area (Å²) in [6.07, 6.45) is 4.29. The molecule has 0 atom stereocenters. The highest BCUT2D eigenvalue weighted by molar-refractivity contribution is 8.18. The number of nitro benzene ring substituents is 1. The van der Waals surface area contributed by atoms with Gasteiger partial charge in [0.2, 0.25) is 5.91 Å². The lowest BCUT2D eigenvalue weighted by Gasteiger charge is -2.27. The van der Waals surface area contributed by atoms with E-state index in [0.717, 1.165) is 35.9 Å². The number of piperidine rings is 1. The number of rotatable bonds is 5. The first-order chi connectivity index (χ1) is 15.3. The minimum Gasteiger partial charge on any atom is -0.456 e. The van der Waals surface area contributed by atoms with Crippen LogP contribution in [-0.4, -0.2) is 51.4 Å². The van der Waals surface area contributed by atoms with Gasteiger partial charge in [0.1, 0.15) is 18.1 Å². The topological polar surface area (TPSA) is 114 Å². The number of furan rings is 1. The van der Waals surface area contributed by atoms with Crippen LogP contribution in [0.3, 0.4) is 0 Å². The van der Waals surface area contributed by atoms with E-state index >= 15 is 0 Å². The molecule has 0 N–H and O–H groups in total. The van der Waals surface area contributed by atoms with Gasteiger partial charge in [-0.3, -0.25) is 29.4 Å². The molecule has 2 aliphatic heterocycles. The summed E-state index contributed by atoms with van der Waals surface area (Å²) in [6.45, 7) is 0.982. The van der Waals surface area contributed by atoms with Crippen LogP contribution < -0.4 is 0 Å². The van der Waals surface area contributed by atoms with Gasteiger partial charge in [0, 0.05) is 30.3 Å². The average Bonchev–Trinajstić information content (AvgIpc) is 3.34. The minimum absolute atomic E-state index is 0.118. The first kappa shape index (κ1) is 22.1. The lowest BCUT2D eigenvalue weighted by atomic mass is 10.1. The Hall–Kier alpha value is -3.11. The zero-order valence-corrected chi connectivity index (χ0v) is 18.4. The summed E-state index contributed by atoms with van der Waals surface area (Å²) < 4.78 is 5.66. The van der Waals surface area contributed by atoms with Crippen molar-refractivity contribution in [1.29, 1.82) is 0 Å². The SMILES string of the molecule is O=C(CN1C(=O)S/C(=C/c2ccc(-c3ccc(Cl)cc3[N+](=O)[O-])o2)C1=O)N1CCCCC1. The van der Waals surface area contributed by atoms with E-state index in [1.54, 1.807) is 11.0 Å². The molecule has 4 rings (SSSR count). The fourth-order valence-corrected chi connectivity index (χ4v) is 4.57. The highest BCUT2D eigenvalue weighted by atomic mass is 35.5. The molecule has 2 fully saturated rings. The van der Waals surface area contributed by atoms with Gasteiger partial charge in [0.05, 0.1) is 15.4 Å². The third-order valence-electron chi connectivity index (χ3n) is 5.20. The molecule has 11 heteroatoms. The van der Waals surface area contributed by atoms with Crippen molar-refractivity contribution >= 4 is 52.2 Å². The molecule has 0 spiro atoms. The van der Waals surface area contributed by atoms with Crippen LogP contribution in [0, 0.1) is 10.1 Å². The zero-order valence-electron chi connectivity index (χ0n) is 16.8. The Morgan fingerprint density at radius 2 is 1.94 bits per heavy atom. The number of likely N-dealkylation sites (tertiary alicyclic amines) is 1. The van der Waals surface area contributed by atoms with E-state index < -0.39 is 16.1 Å². The lowest BCUT2D eigenvalue weighted by molar-refractivity contribution is -0.384. The predicted octanol–water partition coefficient (Wildman–Crippen LogP) is 4.56. The van der Waals surface area contributed by atoms with E-state index in [-0.39, 0.29) is 45.2 Å². The van der Waals surface area contributed by atoms with Gasteiger partial charge in [-0.05, 0) is 55.3 Å². The highest BCUT2D eigenvalue weighted by Gasteiger charge is 2.37. The van der Waals surface area contributed by atoms with Gasteiger partial charge >= 0.3 is 0 Å². The number of hydrogen-bond acceptors (Lipinski definition) is 7. The molecule has 0 aliphatic carbocycles. The summed E-state index contributed by atoms with van der Waals surface area (Å²) in [6, 6.07) is 7.29. The van der Waals surface area contributed by atoms with E-state index in [9.17, 15) is 24.5 Å². The van der Waals surface area contributed by atoms with Gasteiger partial charge in [-0.2, -0.15) is 0 Å². The summed E-state index contributed by atoms with van der Waals surface area (Å²) in [4.78, 5) is 51.0. The largest absolute Gasteiger partial charge is 0.456 e. The molecule has 0 bridgehead atoms. The van der Waals surface area contributed by atoms with Gasteiger partial charge in [0.15, 0.2) is 0 Å². The van der Waals surface area contributed by atoms with Crippen molar-refractivity contribution in [2.24, 2.45) is 0 Å². The summed E-state index contributed by atoms with van der Waals surface area (Å²) in [5, 5.41) is 11.0. The second-order valence-electron chi connectivity index (χ2n) is 7.33. The molecule has 0 unspecified atom stereocenters. The Balaban J connectivity index is 1.51. The van der Waals surface area contributed by atoms with Crippen LogP contribution >= 0.6 is 23.4 Å². The number of hydrogen-bond donors (Lipinski definition) is 0. The van der Waals surface area contributed by atoms with Gasteiger partial charge in [-0.25, -0.2) is 0 Å². The van der Waals surface area contributed by atoms with E-state index in [1.165, 1.54) is 30.3 Å². The monoisotopic (exact) mass is 475 g/mol. The molecule has 0 saturated carbocycles. The predicted molar refractivity (Wildman–Crippen MR) is 119 cm³/mol. The van der Waals surface area contributed by atoms with E-state index in [2.05, 4.69) is 0 Å². The van der Waals surface area contributed by atoms with Crippen molar-refractivity contribution in [1.82, 2.24) is 9.80 Å². The summed E-state index contributed by atoms with van der Waals surface area (Å²) in [5.41, 5.74) is 0.0224. The maximum atomic E-state index is 12.7. The number of benzene rings is 1. The van der Waals surface area contributed by atoms with Crippen LogP contribution in [0.1, 0.15) is 25.0 Å². The third-order valence-corrected chi connectivity index (χ3v) is 6.34. The Bertz CT molecular complexity index is 1140. The van der Waals surface area contributed by atoms with Gasteiger partial charge in [-0.1, -0.05) is 11.6 Å². The van der Waals surface area contributed by atoms with Gasteiger partial charge in [-0.15, -0.1) is 0 Å². The molecule has 3 heterocycles. The number of thioether (sulfide) groups is 1. The van der Waals surface area contributed by atoms with Crippen LogP contribution in [-0.2, 0) is 9.59 Å². The Morgan fingerprint density at radius 1 is 1.19 bits per heavy atom. The Morgan fingerprint density at radius 3 is 2.66 bits per heavy atom. The molecular formula is C21H18ClN3O6S. The molecule has 3 amide bonds. The van der Waals surface area contributed by atoms with Crippen molar-refractivity contribution in [3.8, 4) is 11.3 Å². The molecular weight excluding hydrogens is 458 g/mol. The highest BCUT2D eigenvalue weighted by Crippen LogP contribution is 2.36. The van der Waals surface area contributed by atoms with Crippen molar-refractivity contribution < 1.29 is 23.7 Å². The molecule has 32 heavy (non-hydrogen) atoms. The number of carbonyl (C=O) groups excluding carboxylic acids is 3. The maximum Gasteiger partial charge on any atom is 0.294 e. The number of nitro groups is 1. The van der Waals surface area contributed by atoms with Gasteiger partial charge in [0.25, 0.3) is 16.8 Å². The summed E-state index contributed by atoms with van der Waals surface area (Å²) in [7, 11) is 0. The minimum atomic E-state index is -0.569. The van der Waals surface area contributed by atoms with Crippen LogP contribution in [0.15, 0.2) is 39.7 Å². The standard InChI is InChI=1S/C21H18ClN3O6S/c22-13-4-6-15(16(10-13)25(29)30)17-7-5-14(31-17)11-18-20(27)24(21(28)32-18)12-19(26)23-8-2-1-3-9-23/h4-7,10-11H,1-3,8-9,12H2/b18-11+. The van der Waals surface area contributed by atoms with Crippen LogP contribution in [0.2, 0.25) is 5.02 Å². The second kappa shape index (κ2) is 9.17. The van der Waals surface area contributed by atoms with E-state index in [1.807, 2.05) is 0 Å². The number of halogens is 1. The average molecular weight is 476 g/mol. The quantitative estimate of drug-likeness (QED) is 0.354.